The summed E-state index contributed by atoms with van der Waals surface area (Å²) in [6, 6.07) is 3.91. The Bertz CT molecular complexity index is 388. The molecular formula is C15H23N3O. The van der Waals surface area contributed by atoms with Gasteiger partial charge in [-0.3, -0.25) is 9.78 Å². The average Bonchev–Trinajstić information content (AvgIpc) is 2.47. The molecule has 0 bridgehead atoms. The molecule has 1 saturated heterocycles. The molecule has 1 aromatic rings. The van der Waals surface area contributed by atoms with Gasteiger partial charge < -0.3 is 10.2 Å². The zero-order valence-electron chi connectivity index (χ0n) is 11.6. The molecule has 0 radical (unpaired) electrons. The van der Waals surface area contributed by atoms with Gasteiger partial charge in [-0.1, -0.05) is 0 Å². The third kappa shape index (κ3) is 4.63. The number of carbonyl (C=O) groups is 1. The van der Waals surface area contributed by atoms with E-state index in [1.54, 1.807) is 12.4 Å². The first-order valence-electron chi connectivity index (χ1n) is 7.09. The number of piperidine rings is 1. The van der Waals surface area contributed by atoms with Gasteiger partial charge in [-0.25, -0.2) is 0 Å². The van der Waals surface area contributed by atoms with Crippen LogP contribution in [0.15, 0.2) is 24.5 Å². The normalized spacial score (nSPS) is 19.1. The molecule has 0 spiro atoms. The van der Waals surface area contributed by atoms with Crippen molar-refractivity contribution in [2.45, 2.75) is 32.2 Å². The molecule has 4 heteroatoms. The van der Waals surface area contributed by atoms with Gasteiger partial charge in [0.15, 0.2) is 0 Å². The van der Waals surface area contributed by atoms with E-state index >= 15 is 0 Å². The number of aromatic nitrogens is 1. The minimum atomic E-state index is 0.238. The largest absolute Gasteiger partial charge is 0.341 e. The topological polar surface area (TPSA) is 45.2 Å². The second kappa shape index (κ2) is 7.24. The van der Waals surface area contributed by atoms with Crippen LogP contribution in [0.25, 0.3) is 0 Å². The van der Waals surface area contributed by atoms with Crippen LogP contribution in [0.4, 0.5) is 0 Å². The Kier molecular flexibility index (Phi) is 5.33. The smallest absolute Gasteiger partial charge is 0.222 e. The monoisotopic (exact) mass is 261 g/mol. The van der Waals surface area contributed by atoms with Crippen LogP contribution in [-0.4, -0.2) is 35.9 Å². The van der Waals surface area contributed by atoms with Gasteiger partial charge in [0.2, 0.25) is 5.91 Å². The standard InChI is InChI=1S/C15H23N3O/c1-18(12-14-6-9-16-10-7-14)15(19)5-4-13-3-2-8-17-11-13/h6-7,9-10,13,17H,2-5,8,11-12H2,1H3. The molecule has 1 atom stereocenters. The highest BCUT2D eigenvalue weighted by atomic mass is 16.2. The van der Waals surface area contributed by atoms with Crippen molar-refractivity contribution in [1.82, 2.24) is 15.2 Å². The molecule has 1 aromatic heterocycles. The van der Waals surface area contributed by atoms with Crippen molar-refractivity contribution in [2.75, 3.05) is 20.1 Å². The lowest BCUT2D eigenvalue weighted by Gasteiger charge is -2.23. The van der Waals surface area contributed by atoms with Gasteiger partial charge in [0, 0.05) is 32.4 Å². The summed E-state index contributed by atoms with van der Waals surface area (Å²) in [5.41, 5.74) is 1.13. The molecule has 0 saturated carbocycles. The summed E-state index contributed by atoms with van der Waals surface area (Å²) in [5, 5.41) is 3.40. The first-order valence-corrected chi connectivity index (χ1v) is 7.09. The second-order valence-corrected chi connectivity index (χ2v) is 5.36. The molecular weight excluding hydrogens is 238 g/mol. The van der Waals surface area contributed by atoms with Crippen LogP contribution in [0.2, 0.25) is 0 Å². The Hall–Kier alpha value is -1.42. The fraction of sp³-hybridized carbons (Fsp3) is 0.600. The minimum Gasteiger partial charge on any atom is -0.341 e. The minimum absolute atomic E-state index is 0.238. The highest BCUT2D eigenvalue weighted by molar-refractivity contribution is 5.75. The number of hydrogen-bond donors (Lipinski definition) is 1. The van der Waals surface area contributed by atoms with Crippen molar-refractivity contribution in [3.63, 3.8) is 0 Å². The van der Waals surface area contributed by atoms with E-state index in [1.165, 1.54) is 12.8 Å². The highest BCUT2D eigenvalue weighted by Gasteiger charge is 2.16. The van der Waals surface area contributed by atoms with Gasteiger partial charge in [-0.15, -0.1) is 0 Å². The van der Waals surface area contributed by atoms with Crippen molar-refractivity contribution in [3.05, 3.63) is 30.1 Å². The van der Waals surface area contributed by atoms with E-state index < -0.39 is 0 Å². The molecule has 2 heterocycles. The van der Waals surface area contributed by atoms with Gasteiger partial charge >= 0.3 is 0 Å². The lowest BCUT2D eigenvalue weighted by Crippen LogP contribution is -2.31. The quantitative estimate of drug-likeness (QED) is 0.879. The molecule has 1 amide bonds. The molecule has 1 aliphatic rings. The predicted molar refractivity (Wildman–Crippen MR) is 75.5 cm³/mol. The fourth-order valence-corrected chi connectivity index (χ4v) is 2.54. The summed E-state index contributed by atoms with van der Waals surface area (Å²) < 4.78 is 0. The zero-order valence-corrected chi connectivity index (χ0v) is 11.6. The second-order valence-electron chi connectivity index (χ2n) is 5.36. The van der Waals surface area contributed by atoms with Gasteiger partial charge in [0.1, 0.15) is 0 Å². The summed E-state index contributed by atoms with van der Waals surface area (Å²) >= 11 is 0. The maximum Gasteiger partial charge on any atom is 0.222 e. The Morgan fingerprint density at radius 3 is 2.95 bits per heavy atom. The maximum absolute atomic E-state index is 12.1. The number of nitrogens with zero attached hydrogens (tertiary/aromatic N) is 2. The lowest BCUT2D eigenvalue weighted by molar-refractivity contribution is -0.130. The molecule has 0 aromatic carbocycles. The highest BCUT2D eigenvalue weighted by Crippen LogP contribution is 2.16. The number of amides is 1. The molecule has 1 unspecified atom stereocenters. The van der Waals surface area contributed by atoms with Gasteiger partial charge in [-0.2, -0.15) is 0 Å². The summed E-state index contributed by atoms with van der Waals surface area (Å²) in [6.45, 7) is 2.87. The van der Waals surface area contributed by atoms with Crippen molar-refractivity contribution in [1.29, 1.82) is 0 Å². The van der Waals surface area contributed by atoms with Crippen LogP contribution >= 0.6 is 0 Å². The molecule has 0 aliphatic carbocycles. The molecule has 19 heavy (non-hydrogen) atoms. The Morgan fingerprint density at radius 1 is 1.47 bits per heavy atom. The van der Waals surface area contributed by atoms with Gasteiger partial charge in [0.05, 0.1) is 0 Å². The Morgan fingerprint density at radius 2 is 2.26 bits per heavy atom. The van der Waals surface area contributed by atoms with Crippen molar-refractivity contribution >= 4 is 5.91 Å². The molecule has 1 aliphatic heterocycles. The SMILES string of the molecule is CN(Cc1ccncc1)C(=O)CCC1CCCNC1. The van der Waals surface area contributed by atoms with E-state index in [2.05, 4.69) is 10.3 Å². The third-order valence-corrected chi connectivity index (χ3v) is 3.76. The third-order valence-electron chi connectivity index (χ3n) is 3.76. The van der Waals surface area contributed by atoms with E-state index in [4.69, 9.17) is 0 Å². The molecule has 1 fully saturated rings. The Balaban J connectivity index is 1.73. The average molecular weight is 261 g/mol. The van der Waals surface area contributed by atoms with Crippen molar-refractivity contribution < 1.29 is 4.79 Å². The van der Waals surface area contributed by atoms with Crippen LogP contribution < -0.4 is 5.32 Å². The Labute approximate surface area is 115 Å². The number of pyridine rings is 1. The number of rotatable bonds is 5. The van der Waals surface area contributed by atoms with E-state index in [0.717, 1.165) is 25.1 Å². The first kappa shape index (κ1) is 14.0. The van der Waals surface area contributed by atoms with Crippen LogP contribution in [0, 0.1) is 5.92 Å². The summed E-state index contributed by atoms with van der Waals surface area (Å²) in [6.07, 6.45) is 7.70. The van der Waals surface area contributed by atoms with Crippen LogP contribution in [0.1, 0.15) is 31.2 Å². The number of nitrogens with one attached hydrogen (secondary N) is 1. The fourth-order valence-electron chi connectivity index (χ4n) is 2.54. The molecule has 1 N–H and O–H groups in total. The zero-order chi connectivity index (χ0) is 13.5. The van der Waals surface area contributed by atoms with Crippen molar-refractivity contribution in [2.24, 2.45) is 5.92 Å². The van der Waals surface area contributed by atoms with E-state index in [-0.39, 0.29) is 5.91 Å². The molecule has 4 nitrogen and oxygen atoms in total. The number of carbonyl (C=O) groups excluding carboxylic acids is 1. The number of hydrogen-bond acceptors (Lipinski definition) is 3. The van der Waals surface area contributed by atoms with Gasteiger partial charge in [0.25, 0.3) is 0 Å². The summed E-state index contributed by atoms with van der Waals surface area (Å²) in [7, 11) is 1.88. The van der Waals surface area contributed by atoms with Gasteiger partial charge in [-0.05, 0) is 56.0 Å². The maximum atomic E-state index is 12.1. The summed E-state index contributed by atoms with van der Waals surface area (Å²) in [5.74, 6) is 0.911. The van der Waals surface area contributed by atoms with Crippen molar-refractivity contribution in [3.8, 4) is 0 Å². The molecule has 104 valence electrons. The first-order chi connectivity index (χ1) is 9.25. The van der Waals surface area contributed by atoms with Crippen LogP contribution in [0.3, 0.4) is 0 Å². The van der Waals surface area contributed by atoms with Crippen LogP contribution in [-0.2, 0) is 11.3 Å². The predicted octanol–water partition coefficient (Wildman–Crippen LogP) is 1.82. The van der Waals surface area contributed by atoms with Crippen LogP contribution in [0.5, 0.6) is 0 Å². The van der Waals surface area contributed by atoms with E-state index in [1.807, 2.05) is 24.1 Å². The molecule has 2 rings (SSSR count). The van der Waals surface area contributed by atoms with E-state index in [9.17, 15) is 4.79 Å². The summed E-state index contributed by atoms with van der Waals surface area (Å²) in [4.78, 5) is 17.9. The van der Waals surface area contributed by atoms with E-state index in [0.29, 0.717) is 18.9 Å². The lowest BCUT2D eigenvalue weighted by atomic mass is 9.94.